The Kier molecular flexibility index (Phi) is 4.35. The third-order valence-electron chi connectivity index (χ3n) is 2.67. The molecular weight excluding hydrogens is 361 g/mol. The summed E-state index contributed by atoms with van der Waals surface area (Å²) in [6.45, 7) is 2.03. The van der Waals surface area contributed by atoms with Crippen molar-refractivity contribution in [2.24, 2.45) is 0 Å². The van der Waals surface area contributed by atoms with Crippen LogP contribution < -0.4 is 5.32 Å². The number of phenols is 1. The van der Waals surface area contributed by atoms with Crippen LogP contribution in [0.4, 0.5) is 5.69 Å². The van der Waals surface area contributed by atoms with Crippen LogP contribution >= 0.6 is 34.2 Å². The number of hydrogen-bond donors (Lipinski definition) is 2. The normalized spacial score (nSPS) is 12.2. The molecular formula is C14H13ClINO. The predicted octanol–water partition coefficient (Wildman–Crippen LogP) is 4.82. The number of aromatic hydroxyl groups is 1. The third-order valence-corrected chi connectivity index (χ3v) is 3.66. The van der Waals surface area contributed by atoms with Gasteiger partial charge in [-0.15, -0.1) is 0 Å². The average molecular weight is 374 g/mol. The highest BCUT2D eigenvalue weighted by molar-refractivity contribution is 14.1. The molecule has 1 atom stereocenters. The van der Waals surface area contributed by atoms with Crippen LogP contribution in [0.15, 0.2) is 42.5 Å². The minimum absolute atomic E-state index is 0.0784. The SMILES string of the molecule is CC(Nc1ccc(I)cc1Cl)c1cccc(O)c1. The van der Waals surface area contributed by atoms with Gasteiger partial charge in [0, 0.05) is 9.61 Å². The second kappa shape index (κ2) is 5.80. The van der Waals surface area contributed by atoms with Crippen molar-refractivity contribution in [3.8, 4) is 5.75 Å². The van der Waals surface area contributed by atoms with E-state index in [9.17, 15) is 5.11 Å². The lowest BCUT2D eigenvalue weighted by molar-refractivity contribution is 0.474. The first kappa shape index (κ1) is 13.5. The fraction of sp³-hybridized carbons (Fsp3) is 0.143. The quantitative estimate of drug-likeness (QED) is 0.756. The third kappa shape index (κ3) is 3.29. The molecule has 0 aromatic heterocycles. The van der Waals surface area contributed by atoms with Gasteiger partial charge < -0.3 is 10.4 Å². The lowest BCUT2D eigenvalue weighted by Gasteiger charge is -2.17. The fourth-order valence-electron chi connectivity index (χ4n) is 1.72. The van der Waals surface area contributed by atoms with E-state index in [1.807, 2.05) is 37.3 Å². The Morgan fingerprint density at radius 1 is 1.22 bits per heavy atom. The van der Waals surface area contributed by atoms with E-state index in [2.05, 4.69) is 27.9 Å². The number of benzene rings is 2. The van der Waals surface area contributed by atoms with Crippen molar-refractivity contribution in [2.45, 2.75) is 13.0 Å². The van der Waals surface area contributed by atoms with Gasteiger partial charge in [0.05, 0.1) is 10.7 Å². The molecule has 18 heavy (non-hydrogen) atoms. The van der Waals surface area contributed by atoms with Crippen molar-refractivity contribution < 1.29 is 5.11 Å². The summed E-state index contributed by atoms with van der Waals surface area (Å²) in [6, 6.07) is 13.2. The summed E-state index contributed by atoms with van der Waals surface area (Å²) in [6.07, 6.45) is 0. The monoisotopic (exact) mass is 373 g/mol. The van der Waals surface area contributed by atoms with Crippen molar-refractivity contribution in [3.05, 3.63) is 56.6 Å². The van der Waals surface area contributed by atoms with E-state index in [-0.39, 0.29) is 11.8 Å². The van der Waals surface area contributed by atoms with Crippen LogP contribution in [0.5, 0.6) is 5.75 Å². The van der Waals surface area contributed by atoms with E-state index < -0.39 is 0 Å². The van der Waals surface area contributed by atoms with Gasteiger partial charge in [0.25, 0.3) is 0 Å². The van der Waals surface area contributed by atoms with Crippen molar-refractivity contribution in [2.75, 3.05) is 5.32 Å². The number of rotatable bonds is 3. The van der Waals surface area contributed by atoms with Crippen molar-refractivity contribution >= 4 is 39.9 Å². The van der Waals surface area contributed by atoms with Gasteiger partial charge in [0.1, 0.15) is 5.75 Å². The second-order valence-electron chi connectivity index (χ2n) is 4.09. The van der Waals surface area contributed by atoms with Crippen molar-refractivity contribution in [1.82, 2.24) is 0 Å². The van der Waals surface area contributed by atoms with Gasteiger partial charge in [0.15, 0.2) is 0 Å². The van der Waals surface area contributed by atoms with E-state index in [0.29, 0.717) is 5.02 Å². The molecule has 0 amide bonds. The maximum absolute atomic E-state index is 9.46. The van der Waals surface area contributed by atoms with Crippen LogP contribution in [0.3, 0.4) is 0 Å². The Morgan fingerprint density at radius 2 is 2.00 bits per heavy atom. The zero-order valence-corrected chi connectivity index (χ0v) is 12.7. The van der Waals surface area contributed by atoms with E-state index >= 15 is 0 Å². The molecule has 0 aliphatic carbocycles. The first-order chi connectivity index (χ1) is 8.56. The van der Waals surface area contributed by atoms with E-state index in [1.54, 1.807) is 12.1 Å². The molecule has 0 heterocycles. The highest BCUT2D eigenvalue weighted by atomic mass is 127. The molecule has 94 valence electrons. The summed E-state index contributed by atoms with van der Waals surface area (Å²) in [5, 5.41) is 13.5. The molecule has 0 saturated carbocycles. The van der Waals surface area contributed by atoms with Crippen LogP contribution in [0, 0.1) is 3.57 Å². The molecule has 2 nitrogen and oxygen atoms in total. The Labute approximate surface area is 125 Å². The molecule has 0 bridgehead atoms. The molecule has 0 radical (unpaired) electrons. The number of hydrogen-bond acceptors (Lipinski definition) is 2. The Morgan fingerprint density at radius 3 is 2.67 bits per heavy atom. The average Bonchev–Trinajstić information content (AvgIpc) is 2.32. The summed E-state index contributed by atoms with van der Waals surface area (Å²) >= 11 is 8.40. The van der Waals surface area contributed by atoms with Gasteiger partial charge >= 0.3 is 0 Å². The molecule has 2 aromatic carbocycles. The molecule has 0 saturated heterocycles. The molecule has 0 aliphatic heterocycles. The standard InChI is InChI=1S/C14H13ClINO/c1-9(10-3-2-4-12(18)7-10)17-14-6-5-11(16)8-13(14)15/h2-9,17-18H,1H3. The van der Waals surface area contributed by atoms with Crippen molar-refractivity contribution in [1.29, 1.82) is 0 Å². The fourth-order valence-corrected chi connectivity index (χ4v) is 2.63. The maximum Gasteiger partial charge on any atom is 0.115 e. The van der Waals surface area contributed by atoms with Crippen molar-refractivity contribution in [3.63, 3.8) is 0 Å². The molecule has 2 aromatic rings. The van der Waals surface area contributed by atoms with Gasteiger partial charge in [-0.05, 0) is 65.4 Å². The van der Waals surface area contributed by atoms with Gasteiger partial charge in [-0.25, -0.2) is 0 Å². The minimum atomic E-state index is 0.0784. The van der Waals surface area contributed by atoms with Crippen LogP contribution in [-0.2, 0) is 0 Å². The largest absolute Gasteiger partial charge is 0.508 e. The second-order valence-corrected chi connectivity index (χ2v) is 5.74. The molecule has 0 fully saturated rings. The maximum atomic E-state index is 9.46. The molecule has 0 aliphatic rings. The Bertz CT molecular complexity index is 559. The Balaban J connectivity index is 2.18. The number of phenolic OH excluding ortho intramolecular Hbond substituents is 1. The van der Waals surface area contributed by atoms with Crippen LogP contribution in [-0.4, -0.2) is 5.11 Å². The van der Waals surface area contributed by atoms with E-state index in [0.717, 1.165) is 14.8 Å². The van der Waals surface area contributed by atoms with Gasteiger partial charge in [-0.2, -0.15) is 0 Å². The first-order valence-electron chi connectivity index (χ1n) is 5.57. The molecule has 1 unspecified atom stereocenters. The summed E-state index contributed by atoms with van der Waals surface area (Å²) in [5.41, 5.74) is 1.91. The Hall–Kier alpha value is -0.940. The van der Waals surface area contributed by atoms with Crippen LogP contribution in [0.1, 0.15) is 18.5 Å². The van der Waals surface area contributed by atoms with E-state index in [4.69, 9.17) is 11.6 Å². The summed E-state index contributed by atoms with van der Waals surface area (Å²) < 4.78 is 1.10. The highest BCUT2D eigenvalue weighted by Crippen LogP contribution is 2.28. The predicted molar refractivity (Wildman–Crippen MR) is 84.3 cm³/mol. The first-order valence-corrected chi connectivity index (χ1v) is 7.02. The number of anilines is 1. The minimum Gasteiger partial charge on any atom is -0.508 e. The van der Waals surface area contributed by atoms with Gasteiger partial charge in [-0.3, -0.25) is 0 Å². The number of halogens is 2. The van der Waals surface area contributed by atoms with Gasteiger partial charge in [0.2, 0.25) is 0 Å². The summed E-state index contributed by atoms with van der Waals surface area (Å²) in [4.78, 5) is 0. The highest BCUT2D eigenvalue weighted by Gasteiger charge is 2.08. The topological polar surface area (TPSA) is 32.3 Å². The zero-order chi connectivity index (χ0) is 13.1. The zero-order valence-electron chi connectivity index (χ0n) is 9.82. The smallest absolute Gasteiger partial charge is 0.115 e. The molecule has 0 spiro atoms. The molecule has 4 heteroatoms. The summed E-state index contributed by atoms with van der Waals surface area (Å²) in [5.74, 6) is 0.273. The van der Waals surface area contributed by atoms with Gasteiger partial charge in [-0.1, -0.05) is 23.7 Å². The number of nitrogens with one attached hydrogen (secondary N) is 1. The van der Waals surface area contributed by atoms with E-state index in [1.165, 1.54) is 0 Å². The lowest BCUT2D eigenvalue weighted by atomic mass is 10.1. The molecule has 2 N–H and O–H groups in total. The summed E-state index contributed by atoms with van der Waals surface area (Å²) in [7, 11) is 0. The lowest BCUT2D eigenvalue weighted by Crippen LogP contribution is -2.06. The van der Waals surface area contributed by atoms with Crippen LogP contribution in [0.2, 0.25) is 5.02 Å². The van der Waals surface area contributed by atoms with Crippen LogP contribution in [0.25, 0.3) is 0 Å². The molecule has 2 rings (SSSR count).